The Morgan fingerprint density at radius 3 is 2.96 bits per heavy atom. The van der Waals surface area contributed by atoms with Crippen LogP contribution in [-0.4, -0.2) is 52.5 Å². The van der Waals surface area contributed by atoms with Gasteiger partial charge in [-0.05, 0) is 0 Å². The Hall–Kier alpha value is -2.54. The summed E-state index contributed by atoms with van der Waals surface area (Å²) in [6, 6.07) is 3.64. The van der Waals surface area contributed by atoms with Crippen LogP contribution in [0.1, 0.15) is 5.69 Å². The van der Waals surface area contributed by atoms with E-state index >= 15 is 0 Å². The van der Waals surface area contributed by atoms with Crippen molar-refractivity contribution >= 4 is 28.9 Å². The van der Waals surface area contributed by atoms with E-state index in [9.17, 15) is 0 Å². The van der Waals surface area contributed by atoms with Crippen molar-refractivity contribution in [3.8, 4) is 6.07 Å². The van der Waals surface area contributed by atoms with Gasteiger partial charge in [-0.3, -0.25) is 0 Å². The van der Waals surface area contributed by atoms with Crippen molar-refractivity contribution in [1.82, 2.24) is 25.5 Å². The van der Waals surface area contributed by atoms with Gasteiger partial charge in [0.05, 0.1) is 30.8 Å². The van der Waals surface area contributed by atoms with E-state index in [2.05, 4.69) is 36.1 Å². The molecule has 3 heterocycles. The molecule has 24 heavy (non-hydrogen) atoms. The lowest BCUT2D eigenvalue weighted by molar-refractivity contribution is 0.0372. The minimum Gasteiger partial charge on any atom is -0.380 e. The highest BCUT2D eigenvalue weighted by Crippen LogP contribution is 2.22. The number of nitriles is 1. The topological polar surface area (TPSA) is 121 Å². The van der Waals surface area contributed by atoms with Crippen molar-refractivity contribution < 1.29 is 4.74 Å². The van der Waals surface area contributed by atoms with Gasteiger partial charge in [-0.1, -0.05) is 11.6 Å². The molecule has 0 bridgehead atoms. The monoisotopic (exact) mass is 346 g/mol. The molecule has 124 valence electrons. The molecule has 10 heteroatoms. The third kappa shape index (κ3) is 4.26. The van der Waals surface area contributed by atoms with Gasteiger partial charge < -0.3 is 20.7 Å². The van der Waals surface area contributed by atoms with E-state index < -0.39 is 0 Å². The Morgan fingerprint density at radius 1 is 1.33 bits per heavy atom. The van der Waals surface area contributed by atoms with Crippen molar-refractivity contribution in [2.45, 2.75) is 6.10 Å². The summed E-state index contributed by atoms with van der Waals surface area (Å²) in [5.41, 5.74) is 0.885. The first-order valence-electron chi connectivity index (χ1n) is 7.33. The van der Waals surface area contributed by atoms with Gasteiger partial charge in [-0.15, -0.1) is 10.2 Å². The number of morpholine rings is 1. The SMILES string of the molecule is N#Cc1cnc(Nc2cc(NC[C@H]3CNCCO3)c(Cl)nn2)cn1. The summed E-state index contributed by atoms with van der Waals surface area (Å²) in [5, 5.41) is 26.3. The number of halogens is 1. The molecule has 1 saturated heterocycles. The molecule has 1 atom stereocenters. The fourth-order valence-electron chi connectivity index (χ4n) is 2.12. The molecular weight excluding hydrogens is 332 g/mol. The molecule has 2 aromatic heterocycles. The molecule has 3 rings (SSSR count). The maximum atomic E-state index is 8.72. The maximum Gasteiger partial charge on any atom is 0.174 e. The average Bonchev–Trinajstić information content (AvgIpc) is 2.63. The average molecular weight is 347 g/mol. The van der Waals surface area contributed by atoms with Crippen LogP contribution in [-0.2, 0) is 4.74 Å². The van der Waals surface area contributed by atoms with Crippen LogP contribution in [0.2, 0.25) is 5.15 Å². The second kappa shape index (κ2) is 7.83. The van der Waals surface area contributed by atoms with E-state index in [-0.39, 0.29) is 17.0 Å². The van der Waals surface area contributed by atoms with Crippen LogP contribution < -0.4 is 16.0 Å². The first-order chi connectivity index (χ1) is 11.7. The van der Waals surface area contributed by atoms with E-state index in [1.165, 1.54) is 12.4 Å². The summed E-state index contributed by atoms with van der Waals surface area (Å²) >= 11 is 6.07. The van der Waals surface area contributed by atoms with E-state index in [4.69, 9.17) is 21.6 Å². The van der Waals surface area contributed by atoms with Crippen LogP contribution in [0.25, 0.3) is 0 Å². The highest BCUT2D eigenvalue weighted by molar-refractivity contribution is 6.31. The van der Waals surface area contributed by atoms with E-state index in [0.29, 0.717) is 30.5 Å². The molecule has 0 unspecified atom stereocenters. The zero-order valence-electron chi connectivity index (χ0n) is 12.7. The van der Waals surface area contributed by atoms with Crippen LogP contribution in [0.4, 0.5) is 17.3 Å². The minimum atomic E-state index is 0.0729. The number of ether oxygens (including phenoxy) is 1. The summed E-state index contributed by atoms with van der Waals surface area (Å²) in [5.74, 6) is 0.917. The van der Waals surface area contributed by atoms with Crippen LogP contribution in [0.15, 0.2) is 18.5 Å². The molecule has 1 aliphatic heterocycles. The Balaban J connectivity index is 1.65. The highest BCUT2D eigenvalue weighted by atomic mass is 35.5. The molecule has 9 nitrogen and oxygen atoms in total. The smallest absolute Gasteiger partial charge is 0.174 e. The van der Waals surface area contributed by atoms with Crippen molar-refractivity contribution in [3.05, 3.63) is 29.3 Å². The first kappa shape index (κ1) is 16.3. The molecule has 3 N–H and O–H groups in total. The van der Waals surface area contributed by atoms with Gasteiger partial charge >= 0.3 is 0 Å². The molecule has 0 spiro atoms. The van der Waals surface area contributed by atoms with Gasteiger partial charge in [0.25, 0.3) is 0 Å². The summed E-state index contributed by atoms with van der Waals surface area (Å²) < 4.78 is 5.62. The van der Waals surface area contributed by atoms with Crippen LogP contribution in [0.3, 0.4) is 0 Å². The zero-order valence-corrected chi connectivity index (χ0v) is 13.4. The van der Waals surface area contributed by atoms with Gasteiger partial charge in [0, 0.05) is 25.7 Å². The Bertz CT molecular complexity index is 727. The molecule has 2 aromatic rings. The van der Waals surface area contributed by atoms with Crippen LogP contribution in [0.5, 0.6) is 0 Å². The van der Waals surface area contributed by atoms with Gasteiger partial charge in [0.15, 0.2) is 16.7 Å². The third-order valence-electron chi connectivity index (χ3n) is 3.30. The zero-order chi connectivity index (χ0) is 16.8. The summed E-state index contributed by atoms with van der Waals surface area (Å²) in [4.78, 5) is 8.00. The van der Waals surface area contributed by atoms with Gasteiger partial charge in [-0.25, -0.2) is 9.97 Å². The Labute approximate surface area is 143 Å². The van der Waals surface area contributed by atoms with E-state index in [1.807, 2.05) is 6.07 Å². The molecule has 1 aliphatic rings. The maximum absolute atomic E-state index is 8.72. The van der Waals surface area contributed by atoms with E-state index in [0.717, 1.165) is 13.1 Å². The molecule has 0 aromatic carbocycles. The van der Waals surface area contributed by atoms with Crippen LogP contribution in [0, 0.1) is 11.3 Å². The second-order valence-corrected chi connectivity index (χ2v) is 5.39. The number of hydrogen-bond acceptors (Lipinski definition) is 9. The quantitative estimate of drug-likeness (QED) is 0.726. The van der Waals surface area contributed by atoms with Crippen LogP contribution >= 0.6 is 11.6 Å². The van der Waals surface area contributed by atoms with Crippen molar-refractivity contribution in [3.63, 3.8) is 0 Å². The highest BCUT2D eigenvalue weighted by Gasteiger charge is 2.14. The predicted octanol–water partition coefficient (Wildman–Crippen LogP) is 0.936. The van der Waals surface area contributed by atoms with Crippen molar-refractivity contribution in [2.75, 3.05) is 36.9 Å². The molecular formula is C14H15ClN8O. The minimum absolute atomic E-state index is 0.0729. The summed E-state index contributed by atoms with van der Waals surface area (Å²) in [7, 11) is 0. The predicted molar refractivity (Wildman–Crippen MR) is 88.2 cm³/mol. The normalized spacial score (nSPS) is 17.1. The Morgan fingerprint density at radius 2 is 2.25 bits per heavy atom. The van der Waals surface area contributed by atoms with Crippen molar-refractivity contribution in [2.24, 2.45) is 0 Å². The number of nitrogens with one attached hydrogen (secondary N) is 3. The second-order valence-electron chi connectivity index (χ2n) is 5.04. The van der Waals surface area contributed by atoms with Gasteiger partial charge in [-0.2, -0.15) is 5.26 Å². The fraction of sp³-hybridized carbons (Fsp3) is 0.357. The first-order valence-corrected chi connectivity index (χ1v) is 7.71. The van der Waals surface area contributed by atoms with Gasteiger partial charge in [0.1, 0.15) is 11.9 Å². The Kier molecular flexibility index (Phi) is 5.32. The molecule has 0 aliphatic carbocycles. The lowest BCUT2D eigenvalue weighted by Crippen LogP contribution is -2.42. The lowest BCUT2D eigenvalue weighted by Gasteiger charge is -2.24. The number of anilines is 3. The third-order valence-corrected chi connectivity index (χ3v) is 3.58. The number of aromatic nitrogens is 4. The molecule has 0 saturated carbocycles. The number of rotatable bonds is 5. The summed E-state index contributed by atoms with van der Waals surface area (Å²) in [6.45, 7) is 2.95. The summed E-state index contributed by atoms with van der Waals surface area (Å²) in [6.07, 6.45) is 2.89. The molecule has 0 amide bonds. The van der Waals surface area contributed by atoms with Crippen molar-refractivity contribution in [1.29, 1.82) is 5.26 Å². The fourth-order valence-corrected chi connectivity index (χ4v) is 2.28. The largest absolute Gasteiger partial charge is 0.380 e. The van der Waals surface area contributed by atoms with E-state index in [1.54, 1.807) is 6.07 Å². The number of nitrogens with zero attached hydrogens (tertiary/aromatic N) is 5. The molecule has 0 radical (unpaired) electrons. The lowest BCUT2D eigenvalue weighted by atomic mass is 10.3. The molecule has 1 fully saturated rings. The van der Waals surface area contributed by atoms with Gasteiger partial charge in [0.2, 0.25) is 0 Å². The number of hydrogen-bond donors (Lipinski definition) is 3. The standard InChI is InChI=1S/C14H15ClN8O/c15-14-11(19-7-10-6-17-1-2-24-10)3-12(22-23-14)21-13-8-18-9(4-16)5-20-13/h3,5,8,10,17H,1-2,6-7H2,(H2,19,20,21,22)/t10-/m1/s1.